The second-order valence-corrected chi connectivity index (χ2v) is 7.01. The van der Waals surface area contributed by atoms with Crippen LogP contribution in [0.3, 0.4) is 0 Å². The summed E-state index contributed by atoms with van der Waals surface area (Å²) in [4.78, 5) is 19.1. The van der Waals surface area contributed by atoms with Crippen molar-refractivity contribution in [2.45, 2.75) is 20.0 Å². The SMILES string of the molecule is Cc1nc2c(OCc3c(F)cccc3F)cccn2c1C(=O)NCCCN(C)C. The first kappa shape index (κ1) is 20.7. The molecule has 3 rings (SSSR count). The zero-order chi connectivity index (χ0) is 21.0. The first-order valence-electron chi connectivity index (χ1n) is 9.34. The van der Waals surface area contributed by atoms with Crippen molar-refractivity contribution >= 4 is 11.6 Å². The minimum atomic E-state index is -0.672. The molecule has 1 N–H and O–H groups in total. The number of halogens is 2. The first-order chi connectivity index (χ1) is 13.9. The molecule has 0 aliphatic rings. The van der Waals surface area contributed by atoms with E-state index >= 15 is 0 Å². The number of nitrogens with zero attached hydrogens (tertiary/aromatic N) is 3. The summed E-state index contributed by atoms with van der Waals surface area (Å²) in [5.41, 5.74) is 1.22. The van der Waals surface area contributed by atoms with Crippen molar-refractivity contribution in [1.82, 2.24) is 19.6 Å². The Balaban J connectivity index is 1.79. The van der Waals surface area contributed by atoms with Gasteiger partial charge in [-0.15, -0.1) is 0 Å². The Morgan fingerprint density at radius 2 is 1.93 bits per heavy atom. The molecule has 0 aliphatic heterocycles. The van der Waals surface area contributed by atoms with Crippen molar-refractivity contribution in [2.24, 2.45) is 0 Å². The molecule has 1 amide bonds. The molecule has 1 aromatic carbocycles. The number of imidazole rings is 1. The Labute approximate surface area is 168 Å². The second kappa shape index (κ2) is 9.00. The number of ether oxygens (including phenoxy) is 1. The molecule has 0 saturated carbocycles. The summed E-state index contributed by atoms with van der Waals surface area (Å²) in [6.07, 6.45) is 2.54. The summed E-state index contributed by atoms with van der Waals surface area (Å²) >= 11 is 0. The van der Waals surface area contributed by atoms with Crippen LogP contribution >= 0.6 is 0 Å². The van der Waals surface area contributed by atoms with Gasteiger partial charge >= 0.3 is 0 Å². The lowest BCUT2D eigenvalue weighted by atomic mass is 10.2. The van der Waals surface area contributed by atoms with Gasteiger partial charge in [-0.2, -0.15) is 0 Å². The van der Waals surface area contributed by atoms with E-state index in [-0.39, 0.29) is 18.1 Å². The average Bonchev–Trinajstić information content (AvgIpc) is 3.01. The molecule has 2 heterocycles. The molecule has 0 spiro atoms. The van der Waals surface area contributed by atoms with Gasteiger partial charge in [-0.1, -0.05) is 6.07 Å². The number of fused-ring (bicyclic) bond motifs is 1. The highest BCUT2D eigenvalue weighted by atomic mass is 19.1. The molecular formula is C21H24F2N4O2. The molecule has 29 heavy (non-hydrogen) atoms. The molecule has 0 saturated heterocycles. The zero-order valence-corrected chi connectivity index (χ0v) is 16.7. The summed E-state index contributed by atoms with van der Waals surface area (Å²) in [5, 5.41) is 2.90. The van der Waals surface area contributed by atoms with E-state index in [1.165, 1.54) is 18.2 Å². The maximum Gasteiger partial charge on any atom is 0.270 e. The Hall–Kier alpha value is -3.00. The fraction of sp³-hybridized carbons (Fsp3) is 0.333. The zero-order valence-electron chi connectivity index (χ0n) is 16.7. The normalized spacial score (nSPS) is 11.2. The topological polar surface area (TPSA) is 58.9 Å². The van der Waals surface area contributed by atoms with Gasteiger partial charge in [0, 0.05) is 12.7 Å². The third kappa shape index (κ3) is 4.71. The molecule has 0 radical (unpaired) electrons. The number of amides is 1. The lowest BCUT2D eigenvalue weighted by Crippen LogP contribution is -2.28. The van der Waals surface area contributed by atoms with Gasteiger partial charge in [-0.3, -0.25) is 9.20 Å². The molecule has 0 unspecified atom stereocenters. The molecule has 8 heteroatoms. The van der Waals surface area contributed by atoms with Crippen LogP contribution in [0.5, 0.6) is 5.75 Å². The third-order valence-corrected chi connectivity index (χ3v) is 4.50. The van der Waals surface area contributed by atoms with Crippen molar-refractivity contribution in [2.75, 3.05) is 27.2 Å². The van der Waals surface area contributed by atoms with Gasteiger partial charge in [0.15, 0.2) is 11.4 Å². The number of aromatic nitrogens is 2. The number of rotatable bonds is 8. The van der Waals surface area contributed by atoms with Gasteiger partial charge in [0.25, 0.3) is 5.91 Å². The monoisotopic (exact) mass is 402 g/mol. The van der Waals surface area contributed by atoms with E-state index in [1.807, 2.05) is 19.0 Å². The van der Waals surface area contributed by atoms with Crippen LogP contribution in [0.2, 0.25) is 0 Å². The van der Waals surface area contributed by atoms with Crippen LogP contribution in [0.4, 0.5) is 8.78 Å². The maximum atomic E-state index is 13.8. The van der Waals surface area contributed by atoms with Crippen LogP contribution in [-0.4, -0.2) is 47.4 Å². The Morgan fingerprint density at radius 1 is 1.21 bits per heavy atom. The van der Waals surface area contributed by atoms with Crippen molar-refractivity contribution in [3.05, 3.63) is 65.1 Å². The minimum absolute atomic E-state index is 0.156. The number of carbonyl (C=O) groups excluding carboxylic acids is 1. The minimum Gasteiger partial charge on any atom is -0.485 e. The molecule has 0 atom stereocenters. The van der Waals surface area contributed by atoms with Crippen molar-refractivity contribution in [3.63, 3.8) is 0 Å². The van der Waals surface area contributed by atoms with Gasteiger partial charge in [-0.05, 0) is 58.3 Å². The van der Waals surface area contributed by atoms with E-state index in [9.17, 15) is 13.6 Å². The predicted molar refractivity (Wildman–Crippen MR) is 106 cm³/mol. The quantitative estimate of drug-likeness (QED) is 0.588. The molecule has 154 valence electrons. The van der Waals surface area contributed by atoms with E-state index < -0.39 is 11.6 Å². The second-order valence-electron chi connectivity index (χ2n) is 7.01. The molecule has 0 aliphatic carbocycles. The molecule has 2 aromatic heterocycles. The summed E-state index contributed by atoms with van der Waals surface area (Å²) in [6, 6.07) is 7.01. The van der Waals surface area contributed by atoms with Gasteiger partial charge < -0.3 is 15.0 Å². The van der Waals surface area contributed by atoms with Gasteiger partial charge in [0.2, 0.25) is 0 Å². The number of benzene rings is 1. The van der Waals surface area contributed by atoms with E-state index in [4.69, 9.17) is 4.74 Å². The van der Waals surface area contributed by atoms with Crippen LogP contribution < -0.4 is 10.1 Å². The Bertz CT molecular complexity index is 997. The standard InChI is InChI=1S/C21H24F2N4O2/c1-14-19(21(28)24-10-6-11-26(2)3)27-12-5-9-18(20(27)25-14)29-13-15-16(22)7-4-8-17(15)23/h4-5,7-9,12H,6,10-11,13H2,1-3H3,(H,24,28). The summed E-state index contributed by atoms with van der Waals surface area (Å²) in [7, 11) is 3.95. The molecule has 0 fully saturated rings. The Morgan fingerprint density at radius 3 is 2.62 bits per heavy atom. The van der Waals surface area contributed by atoms with Crippen LogP contribution in [-0.2, 0) is 6.61 Å². The summed E-state index contributed by atoms with van der Waals surface area (Å²) in [6.45, 7) is 2.88. The predicted octanol–water partition coefficient (Wildman–Crippen LogP) is 3.18. The summed E-state index contributed by atoms with van der Waals surface area (Å²) in [5.74, 6) is -1.24. The number of nitrogens with one attached hydrogen (secondary N) is 1. The molecule has 6 nitrogen and oxygen atoms in total. The van der Waals surface area contributed by atoms with Crippen LogP contribution in [0.25, 0.3) is 5.65 Å². The summed E-state index contributed by atoms with van der Waals surface area (Å²) < 4.78 is 35.0. The van der Waals surface area contributed by atoms with E-state index in [0.717, 1.165) is 13.0 Å². The van der Waals surface area contributed by atoms with E-state index in [1.54, 1.807) is 29.7 Å². The highest BCUT2D eigenvalue weighted by Gasteiger charge is 2.19. The number of aryl methyl sites for hydroxylation is 1. The average molecular weight is 402 g/mol. The number of carbonyl (C=O) groups is 1. The van der Waals surface area contributed by atoms with E-state index in [0.29, 0.717) is 29.3 Å². The van der Waals surface area contributed by atoms with E-state index in [2.05, 4.69) is 10.3 Å². The number of hydrogen-bond acceptors (Lipinski definition) is 4. The third-order valence-electron chi connectivity index (χ3n) is 4.50. The van der Waals surface area contributed by atoms with Crippen LogP contribution in [0, 0.1) is 18.6 Å². The van der Waals surface area contributed by atoms with Crippen LogP contribution in [0.15, 0.2) is 36.5 Å². The molecule has 3 aromatic rings. The fourth-order valence-electron chi connectivity index (χ4n) is 3.04. The highest BCUT2D eigenvalue weighted by Crippen LogP contribution is 2.24. The van der Waals surface area contributed by atoms with Crippen LogP contribution in [0.1, 0.15) is 28.2 Å². The van der Waals surface area contributed by atoms with Crippen molar-refractivity contribution < 1.29 is 18.3 Å². The van der Waals surface area contributed by atoms with Gasteiger partial charge in [0.1, 0.15) is 23.9 Å². The largest absolute Gasteiger partial charge is 0.485 e. The lowest BCUT2D eigenvalue weighted by Gasteiger charge is -2.11. The van der Waals surface area contributed by atoms with Crippen molar-refractivity contribution in [3.8, 4) is 5.75 Å². The lowest BCUT2D eigenvalue weighted by molar-refractivity contribution is 0.0945. The Kier molecular flexibility index (Phi) is 6.43. The molecule has 0 bridgehead atoms. The van der Waals surface area contributed by atoms with Gasteiger partial charge in [-0.25, -0.2) is 13.8 Å². The van der Waals surface area contributed by atoms with Gasteiger partial charge in [0.05, 0.1) is 11.3 Å². The fourth-order valence-corrected chi connectivity index (χ4v) is 3.04. The van der Waals surface area contributed by atoms with Crippen molar-refractivity contribution in [1.29, 1.82) is 0 Å². The highest BCUT2D eigenvalue weighted by molar-refractivity contribution is 5.94. The first-order valence-corrected chi connectivity index (χ1v) is 9.34. The maximum absolute atomic E-state index is 13.8. The number of hydrogen-bond donors (Lipinski definition) is 1. The number of pyridine rings is 1. The smallest absolute Gasteiger partial charge is 0.270 e. The molecular weight excluding hydrogens is 378 g/mol.